The fourth-order valence-electron chi connectivity index (χ4n) is 2.85. The number of carbonyl (C=O) groups is 1. The molecule has 1 fully saturated rings. The highest BCUT2D eigenvalue weighted by atomic mass is 16.6. The van der Waals surface area contributed by atoms with Crippen LogP contribution in [-0.2, 0) is 4.74 Å². The SMILES string of the molecule is COc1cc(C(=O)N2CCC(OC)CC2CN)ccc1[N+](=O)[O-]. The van der Waals surface area contributed by atoms with Gasteiger partial charge in [-0.25, -0.2) is 0 Å². The second-order valence-corrected chi connectivity index (χ2v) is 5.41. The average Bonchev–Trinajstić information content (AvgIpc) is 2.59. The molecular formula is C15H21N3O5. The smallest absolute Gasteiger partial charge is 0.310 e. The Balaban J connectivity index is 2.24. The summed E-state index contributed by atoms with van der Waals surface area (Å²) in [5.74, 6) is -0.139. The third-order valence-electron chi connectivity index (χ3n) is 4.16. The van der Waals surface area contributed by atoms with Crippen LogP contribution in [0.2, 0.25) is 0 Å². The van der Waals surface area contributed by atoms with Crippen LogP contribution in [0.3, 0.4) is 0 Å². The van der Waals surface area contributed by atoms with E-state index < -0.39 is 4.92 Å². The van der Waals surface area contributed by atoms with Gasteiger partial charge in [0, 0.05) is 43.9 Å². The van der Waals surface area contributed by atoms with Gasteiger partial charge >= 0.3 is 5.69 Å². The largest absolute Gasteiger partial charge is 0.490 e. The maximum atomic E-state index is 12.7. The van der Waals surface area contributed by atoms with Gasteiger partial charge in [-0.15, -0.1) is 0 Å². The zero-order valence-electron chi connectivity index (χ0n) is 13.2. The molecule has 8 nitrogen and oxygen atoms in total. The molecule has 0 aliphatic carbocycles. The summed E-state index contributed by atoms with van der Waals surface area (Å²) in [4.78, 5) is 24.8. The molecule has 2 rings (SSSR count). The van der Waals surface area contributed by atoms with Crippen LogP contribution in [0.25, 0.3) is 0 Å². The molecule has 0 aromatic heterocycles. The van der Waals surface area contributed by atoms with Crippen molar-refractivity contribution in [2.24, 2.45) is 5.73 Å². The van der Waals surface area contributed by atoms with Gasteiger partial charge in [0.25, 0.3) is 5.91 Å². The molecule has 23 heavy (non-hydrogen) atoms. The van der Waals surface area contributed by atoms with Gasteiger partial charge in [0.2, 0.25) is 0 Å². The normalized spacial score (nSPS) is 21.1. The van der Waals surface area contributed by atoms with Crippen molar-refractivity contribution in [1.29, 1.82) is 0 Å². The van der Waals surface area contributed by atoms with Crippen molar-refractivity contribution in [2.45, 2.75) is 25.0 Å². The molecule has 1 aliphatic rings. The molecule has 0 radical (unpaired) electrons. The lowest BCUT2D eigenvalue weighted by Crippen LogP contribution is -2.51. The maximum Gasteiger partial charge on any atom is 0.310 e. The highest BCUT2D eigenvalue weighted by molar-refractivity contribution is 5.95. The first-order valence-electron chi connectivity index (χ1n) is 7.38. The third kappa shape index (κ3) is 3.59. The Morgan fingerprint density at radius 3 is 2.78 bits per heavy atom. The van der Waals surface area contributed by atoms with Crippen molar-refractivity contribution in [3.63, 3.8) is 0 Å². The predicted molar refractivity (Wildman–Crippen MR) is 83.6 cm³/mol. The summed E-state index contributed by atoms with van der Waals surface area (Å²) in [6.45, 7) is 0.883. The molecule has 1 aromatic carbocycles. The first kappa shape index (κ1) is 17.2. The molecule has 1 heterocycles. The second-order valence-electron chi connectivity index (χ2n) is 5.41. The van der Waals surface area contributed by atoms with E-state index in [9.17, 15) is 14.9 Å². The zero-order valence-corrected chi connectivity index (χ0v) is 13.2. The topological polar surface area (TPSA) is 108 Å². The van der Waals surface area contributed by atoms with Crippen molar-refractivity contribution < 1.29 is 19.2 Å². The van der Waals surface area contributed by atoms with Crippen molar-refractivity contribution in [3.8, 4) is 5.75 Å². The first-order valence-corrected chi connectivity index (χ1v) is 7.38. The van der Waals surface area contributed by atoms with Crippen molar-refractivity contribution in [1.82, 2.24) is 4.90 Å². The van der Waals surface area contributed by atoms with Gasteiger partial charge in [-0.3, -0.25) is 14.9 Å². The number of amides is 1. The van der Waals surface area contributed by atoms with Crippen LogP contribution in [-0.4, -0.2) is 55.2 Å². The van der Waals surface area contributed by atoms with Crippen LogP contribution in [0, 0.1) is 10.1 Å². The molecule has 2 unspecified atom stereocenters. The fourth-order valence-corrected chi connectivity index (χ4v) is 2.85. The minimum Gasteiger partial charge on any atom is -0.490 e. The van der Waals surface area contributed by atoms with Crippen LogP contribution < -0.4 is 10.5 Å². The van der Waals surface area contributed by atoms with Gasteiger partial charge in [0.15, 0.2) is 5.75 Å². The standard InChI is InChI=1S/C15H21N3O5/c1-22-12-5-6-17(11(8-12)9-16)15(19)10-3-4-13(18(20)21)14(7-10)23-2/h3-4,7,11-12H,5-6,8-9,16H2,1-2H3. The van der Waals surface area contributed by atoms with Gasteiger partial charge < -0.3 is 20.1 Å². The Bertz CT molecular complexity index is 592. The maximum absolute atomic E-state index is 12.7. The summed E-state index contributed by atoms with van der Waals surface area (Å²) >= 11 is 0. The number of carbonyl (C=O) groups excluding carboxylic acids is 1. The van der Waals surface area contributed by atoms with Crippen LogP contribution in [0.15, 0.2) is 18.2 Å². The van der Waals surface area contributed by atoms with E-state index in [4.69, 9.17) is 15.2 Å². The molecule has 8 heteroatoms. The zero-order chi connectivity index (χ0) is 17.0. The number of hydrogen-bond donors (Lipinski definition) is 1. The summed E-state index contributed by atoms with van der Waals surface area (Å²) in [6.07, 6.45) is 1.52. The lowest BCUT2D eigenvalue weighted by atomic mass is 9.98. The van der Waals surface area contributed by atoms with Crippen molar-refractivity contribution in [2.75, 3.05) is 27.3 Å². The number of nitro benzene ring substituents is 1. The number of ether oxygens (including phenoxy) is 2. The fraction of sp³-hybridized carbons (Fsp3) is 0.533. The Hall–Kier alpha value is -2.19. The summed E-state index contributed by atoms with van der Waals surface area (Å²) in [7, 11) is 2.99. The van der Waals surface area contributed by atoms with E-state index in [2.05, 4.69) is 0 Å². The van der Waals surface area contributed by atoms with E-state index in [1.807, 2.05) is 0 Å². The van der Waals surface area contributed by atoms with Crippen LogP contribution in [0.1, 0.15) is 23.2 Å². The number of nitrogens with zero attached hydrogens (tertiary/aromatic N) is 2. The number of nitro groups is 1. The van der Waals surface area contributed by atoms with E-state index in [0.717, 1.165) is 6.42 Å². The number of rotatable bonds is 5. The number of methoxy groups -OCH3 is 2. The number of nitrogens with two attached hydrogens (primary N) is 1. The van der Waals surface area contributed by atoms with E-state index in [1.54, 1.807) is 12.0 Å². The lowest BCUT2D eigenvalue weighted by Gasteiger charge is -2.38. The Kier molecular flexibility index (Phi) is 5.51. The van der Waals surface area contributed by atoms with Gasteiger partial charge in [0.1, 0.15) is 0 Å². The predicted octanol–water partition coefficient (Wildman–Crippen LogP) is 1.18. The second kappa shape index (κ2) is 7.38. The van der Waals surface area contributed by atoms with Gasteiger partial charge in [-0.1, -0.05) is 0 Å². The Morgan fingerprint density at radius 1 is 1.48 bits per heavy atom. The van der Waals surface area contributed by atoms with E-state index in [0.29, 0.717) is 25.1 Å². The molecule has 2 atom stereocenters. The summed E-state index contributed by atoms with van der Waals surface area (Å²) < 4.78 is 10.4. The van der Waals surface area contributed by atoms with E-state index in [-0.39, 0.29) is 29.5 Å². The quantitative estimate of drug-likeness (QED) is 0.644. The van der Waals surface area contributed by atoms with Gasteiger partial charge in [-0.05, 0) is 18.9 Å². The van der Waals surface area contributed by atoms with E-state index >= 15 is 0 Å². The molecule has 126 valence electrons. The highest BCUT2D eigenvalue weighted by Gasteiger charge is 2.32. The number of hydrogen-bond acceptors (Lipinski definition) is 6. The molecule has 1 saturated heterocycles. The van der Waals surface area contributed by atoms with E-state index in [1.165, 1.54) is 25.3 Å². The molecule has 0 bridgehead atoms. The van der Waals surface area contributed by atoms with Crippen molar-refractivity contribution >= 4 is 11.6 Å². The minimum atomic E-state index is -0.542. The molecule has 2 N–H and O–H groups in total. The molecule has 0 saturated carbocycles. The number of piperidine rings is 1. The van der Waals surface area contributed by atoms with Crippen LogP contribution in [0.5, 0.6) is 5.75 Å². The number of benzene rings is 1. The monoisotopic (exact) mass is 323 g/mol. The summed E-state index contributed by atoms with van der Waals surface area (Å²) in [6, 6.07) is 4.02. The molecule has 1 aromatic rings. The van der Waals surface area contributed by atoms with Crippen molar-refractivity contribution in [3.05, 3.63) is 33.9 Å². The lowest BCUT2D eigenvalue weighted by molar-refractivity contribution is -0.385. The molecule has 1 amide bonds. The average molecular weight is 323 g/mol. The van der Waals surface area contributed by atoms with Crippen LogP contribution >= 0.6 is 0 Å². The molecular weight excluding hydrogens is 302 g/mol. The summed E-state index contributed by atoms with van der Waals surface area (Å²) in [5, 5.41) is 10.9. The summed E-state index contributed by atoms with van der Waals surface area (Å²) in [5.41, 5.74) is 5.96. The Labute approximate surface area is 134 Å². The third-order valence-corrected chi connectivity index (χ3v) is 4.16. The molecule has 1 aliphatic heterocycles. The highest BCUT2D eigenvalue weighted by Crippen LogP contribution is 2.29. The Morgan fingerprint density at radius 2 is 2.22 bits per heavy atom. The molecule has 0 spiro atoms. The van der Waals surface area contributed by atoms with Crippen LogP contribution in [0.4, 0.5) is 5.69 Å². The first-order chi connectivity index (χ1) is 11.0. The minimum absolute atomic E-state index is 0.0666. The number of likely N-dealkylation sites (tertiary alicyclic amines) is 1. The van der Waals surface area contributed by atoms with Gasteiger partial charge in [-0.2, -0.15) is 0 Å². The van der Waals surface area contributed by atoms with Gasteiger partial charge in [0.05, 0.1) is 18.1 Å².